The predicted octanol–water partition coefficient (Wildman–Crippen LogP) is 1.84. The van der Waals surface area contributed by atoms with E-state index in [4.69, 9.17) is 0 Å². The second-order valence-corrected chi connectivity index (χ2v) is 5.97. The van der Waals surface area contributed by atoms with Gasteiger partial charge in [0, 0.05) is 31.0 Å². The minimum Gasteiger partial charge on any atom is -0.354 e. The number of aryl methyl sites for hydroxylation is 1. The highest BCUT2D eigenvalue weighted by atomic mass is 16.2. The van der Waals surface area contributed by atoms with Crippen LogP contribution in [-0.2, 0) is 11.3 Å². The van der Waals surface area contributed by atoms with E-state index < -0.39 is 6.04 Å². The summed E-state index contributed by atoms with van der Waals surface area (Å²) in [6.45, 7) is 5.12. The largest absolute Gasteiger partial charge is 0.354 e. The van der Waals surface area contributed by atoms with Crippen LogP contribution in [-0.4, -0.2) is 34.2 Å². The zero-order chi connectivity index (χ0) is 17.4. The van der Waals surface area contributed by atoms with Gasteiger partial charge in [0.05, 0.1) is 0 Å². The van der Waals surface area contributed by atoms with Gasteiger partial charge in [0.1, 0.15) is 6.04 Å². The molecule has 2 aromatic rings. The van der Waals surface area contributed by atoms with Crippen LogP contribution in [0, 0.1) is 5.92 Å². The van der Waals surface area contributed by atoms with Gasteiger partial charge in [0.2, 0.25) is 5.91 Å². The highest BCUT2D eigenvalue weighted by molar-refractivity contribution is 5.97. The Bertz CT molecular complexity index is 638. The minimum atomic E-state index is -0.553. The number of benzene rings is 1. The fraction of sp³-hybridized carbons (Fsp3) is 0.389. The lowest BCUT2D eigenvalue weighted by Gasteiger charge is -2.21. The number of hydrogen-bond donors (Lipinski definition) is 2. The predicted molar refractivity (Wildman–Crippen MR) is 92.4 cm³/mol. The summed E-state index contributed by atoms with van der Waals surface area (Å²) in [6, 6.07) is 10.2. The Hall–Kier alpha value is -2.63. The summed E-state index contributed by atoms with van der Waals surface area (Å²) in [4.78, 5) is 24.6. The molecule has 0 aliphatic rings. The quantitative estimate of drug-likeness (QED) is 0.726. The number of carbonyl (C=O) groups is 2. The lowest BCUT2D eigenvalue weighted by atomic mass is 10.0. The van der Waals surface area contributed by atoms with Crippen LogP contribution < -0.4 is 10.6 Å². The molecule has 0 bridgehead atoms. The second kappa shape index (κ2) is 8.86. The molecule has 2 N–H and O–H groups in total. The van der Waals surface area contributed by atoms with E-state index in [0.717, 1.165) is 13.0 Å². The first kappa shape index (κ1) is 17.7. The van der Waals surface area contributed by atoms with E-state index in [1.807, 2.05) is 36.9 Å². The van der Waals surface area contributed by atoms with Crippen molar-refractivity contribution in [2.24, 2.45) is 5.92 Å². The molecule has 1 atom stereocenters. The molecular formula is C18H24N4O2. The average molecular weight is 328 g/mol. The standard InChI is InChI=1S/C18H24N4O2/c1-14(2)16(21-17(23)15-8-4-3-5-9-15)18(24)19-10-6-12-22-13-7-11-20-22/h3-5,7-9,11,13-14,16H,6,10,12H2,1-2H3,(H,19,24)(H,21,23)/t16-/m1/s1. The first-order valence-corrected chi connectivity index (χ1v) is 8.19. The van der Waals surface area contributed by atoms with Gasteiger partial charge in [-0.2, -0.15) is 5.10 Å². The molecule has 0 spiro atoms. The molecule has 2 amide bonds. The van der Waals surface area contributed by atoms with Gasteiger partial charge < -0.3 is 10.6 Å². The molecule has 0 unspecified atom stereocenters. The van der Waals surface area contributed by atoms with E-state index in [2.05, 4.69) is 15.7 Å². The monoisotopic (exact) mass is 328 g/mol. The number of amides is 2. The highest BCUT2D eigenvalue weighted by Crippen LogP contribution is 2.05. The van der Waals surface area contributed by atoms with E-state index in [0.29, 0.717) is 12.1 Å². The molecule has 0 saturated heterocycles. The van der Waals surface area contributed by atoms with Crippen molar-refractivity contribution in [3.8, 4) is 0 Å². The van der Waals surface area contributed by atoms with Crippen molar-refractivity contribution in [2.75, 3.05) is 6.54 Å². The molecule has 6 heteroatoms. The molecule has 24 heavy (non-hydrogen) atoms. The maximum atomic E-state index is 12.4. The summed E-state index contributed by atoms with van der Waals surface area (Å²) in [5, 5.41) is 9.82. The normalized spacial score (nSPS) is 12.0. The summed E-state index contributed by atoms with van der Waals surface area (Å²) in [5.41, 5.74) is 0.551. The number of hydrogen-bond acceptors (Lipinski definition) is 3. The highest BCUT2D eigenvalue weighted by Gasteiger charge is 2.24. The molecule has 6 nitrogen and oxygen atoms in total. The zero-order valence-corrected chi connectivity index (χ0v) is 14.1. The number of aromatic nitrogens is 2. The van der Waals surface area contributed by atoms with Gasteiger partial charge in [-0.05, 0) is 30.5 Å². The Labute approximate surface area is 142 Å². The van der Waals surface area contributed by atoms with Crippen molar-refractivity contribution < 1.29 is 9.59 Å². The number of rotatable bonds is 8. The Kier molecular flexibility index (Phi) is 6.54. The van der Waals surface area contributed by atoms with Crippen molar-refractivity contribution >= 4 is 11.8 Å². The molecule has 0 fully saturated rings. The summed E-state index contributed by atoms with van der Waals surface area (Å²) >= 11 is 0. The summed E-state index contributed by atoms with van der Waals surface area (Å²) in [6.07, 6.45) is 4.40. The van der Waals surface area contributed by atoms with Crippen LogP contribution in [0.5, 0.6) is 0 Å². The van der Waals surface area contributed by atoms with Crippen molar-refractivity contribution in [3.63, 3.8) is 0 Å². The summed E-state index contributed by atoms with van der Waals surface area (Å²) in [5.74, 6) is -0.389. The summed E-state index contributed by atoms with van der Waals surface area (Å²) < 4.78 is 1.82. The SMILES string of the molecule is CC(C)[C@@H](NC(=O)c1ccccc1)C(=O)NCCCn1cccn1. The lowest BCUT2D eigenvalue weighted by molar-refractivity contribution is -0.123. The van der Waals surface area contributed by atoms with Crippen molar-refractivity contribution in [3.05, 3.63) is 54.4 Å². The molecular weight excluding hydrogens is 304 g/mol. The van der Waals surface area contributed by atoms with E-state index in [1.165, 1.54) is 0 Å². The molecule has 0 radical (unpaired) electrons. The van der Waals surface area contributed by atoms with Gasteiger partial charge in [-0.1, -0.05) is 32.0 Å². The third-order valence-electron chi connectivity index (χ3n) is 3.69. The molecule has 1 aromatic carbocycles. The Morgan fingerprint density at radius 2 is 1.92 bits per heavy atom. The van der Waals surface area contributed by atoms with Crippen LogP contribution in [0.1, 0.15) is 30.6 Å². The number of nitrogens with zero attached hydrogens (tertiary/aromatic N) is 2. The maximum Gasteiger partial charge on any atom is 0.251 e. The van der Waals surface area contributed by atoms with Crippen LogP contribution in [0.25, 0.3) is 0 Å². The smallest absolute Gasteiger partial charge is 0.251 e. The van der Waals surface area contributed by atoms with Crippen molar-refractivity contribution in [2.45, 2.75) is 32.9 Å². The van der Waals surface area contributed by atoms with Gasteiger partial charge in [-0.3, -0.25) is 14.3 Å². The van der Waals surface area contributed by atoms with Gasteiger partial charge in [-0.25, -0.2) is 0 Å². The third-order valence-corrected chi connectivity index (χ3v) is 3.69. The van der Waals surface area contributed by atoms with Crippen LogP contribution in [0.3, 0.4) is 0 Å². The minimum absolute atomic E-state index is 0.00350. The second-order valence-electron chi connectivity index (χ2n) is 5.97. The topological polar surface area (TPSA) is 76.0 Å². The van der Waals surface area contributed by atoms with E-state index in [9.17, 15) is 9.59 Å². The van der Waals surface area contributed by atoms with Gasteiger partial charge in [-0.15, -0.1) is 0 Å². The van der Waals surface area contributed by atoms with E-state index in [-0.39, 0.29) is 17.7 Å². The van der Waals surface area contributed by atoms with E-state index in [1.54, 1.807) is 30.5 Å². The Morgan fingerprint density at radius 1 is 1.17 bits per heavy atom. The van der Waals surface area contributed by atoms with Crippen LogP contribution >= 0.6 is 0 Å². The number of carbonyl (C=O) groups excluding carboxylic acids is 2. The van der Waals surface area contributed by atoms with Gasteiger partial charge in [0.25, 0.3) is 5.91 Å². The van der Waals surface area contributed by atoms with Gasteiger partial charge >= 0.3 is 0 Å². The molecule has 0 aliphatic heterocycles. The molecule has 128 valence electrons. The third kappa shape index (κ3) is 5.22. The van der Waals surface area contributed by atoms with Crippen molar-refractivity contribution in [1.82, 2.24) is 20.4 Å². The van der Waals surface area contributed by atoms with E-state index >= 15 is 0 Å². The molecule has 1 aromatic heterocycles. The van der Waals surface area contributed by atoms with Crippen LogP contribution in [0.4, 0.5) is 0 Å². The first-order valence-electron chi connectivity index (χ1n) is 8.19. The molecule has 0 saturated carbocycles. The fourth-order valence-corrected chi connectivity index (χ4v) is 2.34. The molecule has 0 aliphatic carbocycles. The zero-order valence-electron chi connectivity index (χ0n) is 14.1. The first-order chi connectivity index (χ1) is 11.6. The molecule has 2 rings (SSSR count). The number of nitrogens with one attached hydrogen (secondary N) is 2. The van der Waals surface area contributed by atoms with Gasteiger partial charge in [0.15, 0.2) is 0 Å². The molecule has 1 heterocycles. The van der Waals surface area contributed by atoms with Crippen LogP contribution in [0.15, 0.2) is 48.8 Å². The maximum absolute atomic E-state index is 12.4. The Balaban J connectivity index is 1.82. The average Bonchev–Trinajstić information content (AvgIpc) is 3.10. The lowest BCUT2D eigenvalue weighted by Crippen LogP contribution is -2.49. The fourth-order valence-electron chi connectivity index (χ4n) is 2.34. The van der Waals surface area contributed by atoms with Crippen molar-refractivity contribution in [1.29, 1.82) is 0 Å². The summed E-state index contributed by atoms with van der Waals surface area (Å²) in [7, 11) is 0. The van der Waals surface area contributed by atoms with Crippen LogP contribution in [0.2, 0.25) is 0 Å². The Morgan fingerprint density at radius 3 is 2.54 bits per heavy atom.